The number of halogens is 2. The Hall–Kier alpha value is -2.14. The van der Waals surface area contributed by atoms with Crippen molar-refractivity contribution in [3.63, 3.8) is 0 Å². The molecule has 0 aliphatic heterocycles. The van der Waals surface area contributed by atoms with E-state index in [1.165, 1.54) is 13.2 Å². The number of phenols is 1. The largest absolute Gasteiger partial charge is 0.508 e. The SMILES string of the molecule is COc1ccc(O)c(CNCc2cc(F)ccc2F)c1. The van der Waals surface area contributed by atoms with Crippen molar-refractivity contribution in [2.24, 2.45) is 0 Å². The van der Waals surface area contributed by atoms with Gasteiger partial charge in [0.1, 0.15) is 23.1 Å². The highest BCUT2D eigenvalue weighted by Crippen LogP contribution is 2.22. The van der Waals surface area contributed by atoms with Crippen molar-refractivity contribution in [1.82, 2.24) is 5.32 Å². The van der Waals surface area contributed by atoms with Gasteiger partial charge in [-0.3, -0.25) is 0 Å². The van der Waals surface area contributed by atoms with E-state index in [4.69, 9.17) is 4.74 Å². The van der Waals surface area contributed by atoms with Crippen LogP contribution in [0.5, 0.6) is 11.5 Å². The highest BCUT2D eigenvalue weighted by molar-refractivity contribution is 5.39. The first-order valence-corrected chi connectivity index (χ1v) is 6.10. The molecule has 0 unspecified atom stereocenters. The second-order valence-electron chi connectivity index (χ2n) is 4.33. The molecular weight excluding hydrogens is 264 g/mol. The molecule has 0 radical (unpaired) electrons. The van der Waals surface area contributed by atoms with Crippen molar-refractivity contribution < 1.29 is 18.6 Å². The summed E-state index contributed by atoms with van der Waals surface area (Å²) in [6.45, 7) is 0.485. The first-order chi connectivity index (χ1) is 9.60. The van der Waals surface area contributed by atoms with Crippen molar-refractivity contribution in [2.75, 3.05) is 7.11 Å². The molecule has 0 saturated heterocycles. The molecule has 0 bridgehead atoms. The van der Waals surface area contributed by atoms with Gasteiger partial charge in [0.2, 0.25) is 0 Å². The number of hydrogen-bond acceptors (Lipinski definition) is 3. The maximum absolute atomic E-state index is 13.4. The van der Waals surface area contributed by atoms with E-state index in [0.29, 0.717) is 17.9 Å². The summed E-state index contributed by atoms with van der Waals surface area (Å²) in [5.41, 5.74) is 0.869. The van der Waals surface area contributed by atoms with Crippen molar-refractivity contribution in [3.8, 4) is 11.5 Å². The average molecular weight is 279 g/mol. The van der Waals surface area contributed by atoms with Crippen molar-refractivity contribution >= 4 is 0 Å². The minimum atomic E-state index is -0.479. The molecule has 0 saturated carbocycles. The molecule has 0 heterocycles. The maximum atomic E-state index is 13.4. The van der Waals surface area contributed by atoms with Gasteiger partial charge in [-0.15, -0.1) is 0 Å². The molecule has 5 heteroatoms. The molecular formula is C15H15F2NO2. The zero-order chi connectivity index (χ0) is 14.5. The third-order valence-corrected chi connectivity index (χ3v) is 2.93. The van der Waals surface area contributed by atoms with Gasteiger partial charge >= 0.3 is 0 Å². The van der Waals surface area contributed by atoms with E-state index < -0.39 is 11.6 Å². The highest BCUT2D eigenvalue weighted by Gasteiger charge is 2.06. The minimum Gasteiger partial charge on any atom is -0.508 e. The van der Waals surface area contributed by atoms with Crippen LogP contribution in [0.2, 0.25) is 0 Å². The van der Waals surface area contributed by atoms with Crippen LogP contribution >= 0.6 is 0 Å². The van der Waals surface area contributed by atoms with Gasteiger partial charge in [-0.05, 0) is 36.4 Å². The van der Waals surface area contributed by atoms with Crippen LogP contribution in [0, 0.1) is 11.6 Å². The molecule has 0 spiro atoms. The monoisotopic (exact) mass is 279 g/mol. The number of methoxy groups -OCH3 is 1. The second kappa shape index (κ2) is 6.34. The summed E-state index contributed by atoms with van der Waals surface area (Å²) in [5.74, 6) is -0.198. The van der Waals surface area contributed by atoms with E-state index in [1.54, 1.807) is 12.1 Å². The van der Waals surface area contributed by atoms with Crippen LogP contribution < -0.4 is 10.1 Å². The molecule has 20 heavy (non-hydrogen) atoms. The highest BCUT2D eigenvalue weighted by atomic mass is 19.1. The number of hydrogen-bond donors (Lipinski definition) is 2. The molecule has 3 nitrogen and oxygen atoms in total. The lowest BCUT2D eigenvalue weighted by atomic mass is 10.1. The maximum Gasteiger partial charge on any atom is 0.127 e. The number of phenolic OH excluding ortho intramolecular Hbond substituents is 1. The van der Waals surface area contributed by atoms with Gasteiger partial charge in [0.05, 0.1) is 7.11 Å². The lowest BCUT2D eigenvalue weighted by Crippen LogP contribution is -2.14. The fourth-order valence-electron chi connectivity index (χ4n) is 1.84. The van der Waals surface area contributed by atoms with Gasteiger partial charge in [0.15, 0.2) is 0 Å². The van der Waals surface area contributed by atoms with Crippen LogP contribution in [0.1, 0.15) is 11.1 Å². The number of benzene rings is 2. The second-order valence-corrected chi connectivity index (χ2v) is 4.33. The molecule has 0 amide bonds. The summed E-state index contributed by atoms with van der Waals surface area (Å²) in [6, 6.07) is 8.17. The zero-order valence-corrected chi connectivity index (χ0v) is 11.0. The molecule has 2 rings (SSSR count). The number of aromatic hydroxyl groups is 1. The Kier molecular flexibility index (Phi) is 4.53. The molecule has 2 N–H and O–H groups in total. The lowest BCUT2D eigenvalue weighted by Gasteiger charge is -2.09. The smallest absolute Gasteiger partial charge is 0.127 e. The number of ether oxygens (including phenoxy) is 1. The van der Waals surface area contributed by atoms with E-state index >= 15 is 0 Å². The minimum absolute atomic E-state index is 0.123. The predicted molar refractivity (Wildman–Crippen MR) is 71.6 cm³/mol. The van der Waals surface area contributed by atoms with Crippen LogP contribution in [-0.4, -0.2) is 12.2 Å². The first kappa shape index (κ1) is 14.3. The Morgan fingerprint density at radius 1 is 1.05 bits per heavy atom. The van der Waals surface area contributed by atoms with Crippen LogP contribution in [0.25, 0.3) is 0 Å². The molecule has 0 atom stereocenters. The van der Waals surface area contributed by atoms with Crippen LogP contribution in [0.15, 0.2) is 36.4 Å². The summed E-state index contributed by atoms with van der Waals surface area (Å²) in [4.78, 5) is 0. The molecule has 2 aromatic rings. The Balaban J connectivity index is 2.01. The third-order valence-electron chi connectivity index (χ3n) is 2.93. The van der Waals surface area contributed by atoms with E-state index in [2.05, 4.69) is 5.32 Å². The summed E-state index contributed by atoms with van der Waals surface area (Å²) >= 11 is 0. The molecule has 0 aromatic heterocycles. The summed E-state index contributed by atoms with van der Waals surface area (Å²) in [6.07, 6.45) is 0. The van der Waals surface area contributed by atoms with Gasteiger partial charge in [-0.1, -0.05) is 0 Å². The fraction of sp³-hybridized carbons (Fsp3) is 0.200. The van der Waals surface area contributed by atoms with Crippen molar-refractivity contribution in [3.05, 3.63) is 59.2 Å². The summed E-state index contributed by atoms with van der Waals surface area (Å²) in [7, 11) is 1.53. The third kappa shape index (κ3) is 3.45. The quantitative estimate of drug-likeness (QED) is 0.884. The van der Waals surface area contributed by atoms with Crippen molar-refractivity contribution in [2.45, 2.75) is 13.1 Å². The molecule has 106 valence electrons. The standard InChI is InChI=1S/C15H15F2NO2/c1-20-13-3-5-15(19)11(7-13)9-18-8-10-6-12(16)2-4-14(10)17/h2-7,18-19H,8-9H2,1H3. The lowest BCUT2D eigenvalue weighted by molar-refractivity contribution is 0.410. The Morgan fingerprint density at radius 2 is 1.80 bits per heavy atom. The van der Waals surface area contributed by atoms with Gasteiger partial charge in [-0.2, -0.15) is 0 Å². The van der Waals surface area contributed by atoms with E-state index in [1.807, 2.05) is 0 Å². The van der Waals surface area contributed by atoms with Gasteiger partial charge in [0, 0.05) is 24.2 Å². The molecule has 0 fully saturated rings. The van der Waals surface area contributed by atoms with Crippen molar-refractivity contribution in [1.29, 1.82) is 0 Å². The zero-order valence-electron chi connectivity index (χ0n) is 11.0. The van der Waals surface area contributed by atoms with Gasteiger partial charge in [-0.25, -0.2) is 8.78 Å². The first-order valence-electron chi connectivity index (χ1n) is 6.10. The predicted octanol–water partition coefficient (Wildman–Crippen LogP) is 2.97. The fourth-order valence-corrected chi connectivity index (χ4v) is 1.84. The topological polar surface area (TPSA) is 41.5 Å². The van der Waals surface area contributed by atoms with Gasteiger partial charge < -0.3 is 15.2 Å². The molecule has 2 aromatic carbocycles. The summed E-state index contributed by atoms with van der Waals surface area (Å²) in [5, 5.41) is 12.7. The average Bonchev–Trinajstić information content (AvgIpc) is 2.44. The Morgan fingerprint density at radius 3 is 2.55 bits per heavy atom. The summed E-state index contributed by atoms with van der Waals surface area (Å²) < 4.78 is 31.5. The van der Waals surface area contributed by atoms with Crippen LogP contribution in [0.3, 0.4) is 0 Å². The van der Waals surface area contributed by atoms with E-state index in [9.17, 15) is 13.9 Å². The number of nitrogens with one attached hydrogen (secondary N) is 1. The molecule has 0 aliphatic carbocycles. The Labute approximate surface area is 115 Å². The van der Waals surface area contributed by atoms with E-state index in [0.717, 1.165) is 18.2 Å². The van der Waals surface area contributed by atoms with Crippen LogP contribution in [0.4, 0.5) is 8.78 Å². The molecule has 0 aliphatic rings. The van der Waals surface area contributed by atoms with Crippen LogP contribution in [-0.2, 0) is 13.1 Å². The number of rotatable bonds is 5. The van der Waals surface area contributed by atoms with E-state index in [-0.39, 0.29) is 17.9 Å². The normalized spacial score (nSPS) is 10.6. The Bertz CT molecular complexity index is 602. The van der Waals surface area contributed by atoms with Gasteiger partial charge in [0.25, 0.3) is 0 Å².